The zero-order valence-corrected chi connectivity index (χ0v) is 35.9. The Morgan fingerprint density at radius 3 is 1.64 bits per heavy atom. The van der Waals surface area contributed by atoms with Crippen molar-refractivity contribution in [3.8, 4) is 0 Å². The standard InChI is InChI=1S/C22H32N4O2S.C18H28N2.C5H8N2/c1-4-5-6-7-11-26-13-19-20(14-26)22(19,2)17-9-8-10-18(12-17)24-29(27,28)21-15-25(3)16-23-21;1-3-4-5-6-10-20-12-16-17(13-20)18(16,2)14-8-7-9-15(19)11-14;1-5-3-7(2)4-6-5/h8-10,12,15-16,19-20,24H,4-7,11,13-14H2,1-3H3;7-9,11,16-17H,3-6,10,12-13,19H2,1-2H3;3-4H,1-2H3. The highest BCUT2D eigenvalue weighted by molar-refractivity contribution is 7.92. The Labute approximate surface area is 337 Å². The molecule has 4 fully saturated rings. The molecule has 0 bridgehead atoms. The molecule has 306 valence electrons. The zero-order chi connectivity index (χ0) is 40.1. The van der Waals surface area contributed by atoms with Crippen molar-refractivity contribution in [3.63, 3.8) is 0 Å². The Morgan fingerprint density at radius 2 is 1.21 bits per heavy atom. The summed E-state index contributed by atoms with van der Waals surface area (Å²) in [5, 5.41) is 0.0404. The number of rotatable bonds is 15. The van der Waals surface area contributed by atoms with Crippen molar-refractivity contribution in [2.24, 2.45) is 37.8 Å². The van der Waals surface area contributed by atoms with Crippen LogP contribution in [-0.4, -0.2) is 76.6 Å². The summed E-state index contributed by atoms with van der Waals surface area (Å²) >= 11 is 0. The number of nitrogen functional groups attached to an aromatic ring is 1. The van der Waals surface area contributed by atoms with Gasteiger partial charge in [0, 0.05) is 74.9 Å². The Balaban J connectivity index is 0.000000169. The Hall–Kier alpha value is -3.67. The number of hydrogen-bond donors (Lipinski definition) is 2. The van der Waals surface area contributed by atoms with Gasteiger partial charge in [-0.1, -0.05) is 90.5 Å². The molecule has 2 aliphatic heterocycles. The van der Waals surface area contributed by atoms with E-state index in [1.807, 2.05) is 49.0 Å². The molecule has 4 atom stereocenters. The van der Waals surface area contributed by atoms with E-state index in [1.54, 1.807) is 17.9 Å². The van der Waals surface area contributed by atoms with E-state index >= 15 is 0 Å². The van der Waals surface area contributed by atoms with Crippen LogP contribution in [0.1, 0.15) is 95.9 Å². The van der Waals surface area contributed by atoms with Crippen LogP contribution in [0.4, 0.5) is 11.4 Å². The highest BCUT2D eigenvalue weighted by atomic mass is 32.2. The molecular weight excluding hydrogens is 717 g/mol. The lowest BCUT2D eigenvalue weighted by Gasteiger charge is -2.24. The van der Waals surface area contributed by atoms with E-state index in [9.17, 15) is 8.42 Å². The number of imidazole rings is 2. The van der Waals surface area contributed by atoms with Crippen molar-refractivity contribution in [1.82, 2.24) is 28.9 Å². The molecule has 2 saturated heterocycles. The van der Waals surface area contributed by atoms with Crippen LogP contribution in [0.25, 0.3) is 0 Å². The summed E-state index contributed by atoms with van der Waals surface area (Å²) in [6, 6.07) is 16.5. The van der Waals surface area contributed by atoms with E-state index in [-0.39, 0.29) is 10.4 Å². The third kappa shape index (κ3) is 9.54. The first kappa shape index (κ1) is 41.9. The van der Waals surface area contributed by atoms with Gasteiger partial charge in [-0.15, -0.1) is 0 Å². The van der Waals surface area contributed by atoms with Crippen LogP contribution in [0.5, 0.6) is 0 Å². The lowest BCUT2D eigenvalue weighted by molar-refractivity contribution is 0.271. The quantitative estimate of drug-likeness (QED) is 0.0928. The molecule has 0 amide bonds. The van der Waals surface area contributed by atoms with Gasteiger partial charge in [0.1, 0.15) is 0 Å². The molecule has 4 heterocycles. The van der Waals surface area contributed by atoms with Gasteiger partial charge in [0.05, 0.1) is 18.3 Å². The average molecular weight is 785 g/mol. The number of piperidine rings is 2. The largest absolute Gasteiger partial charge is 0.399 e. The second kappa shape index (κ2) is 17.9. The summed E-state index contributed by atoms with van der Waals surface area (Å²) in [5.41, 5.74) is 11.8. The number of nitrogens with two attached hydrogens (primary N) is 1. The molecule has 11 heteroatoms. The number of hydrogen-bond acceptors (Lipinski definition) is 7. The molecule has 0 radical (unpaired) electrons. The third-order valence-corrected chi connectivity index (χ3v) is 14.6. The van der Waals surface area contributed by atoms with Crippen LogP contribution < -0.4 is 10.5 Å². The fraction of sp³-hybridized carbons (Fsp3) is 0.600. The van der Waals surface area contributed by atoms with Crippen LogP contribution in [0.2, 0.25) is 0 Å². The highest BCUT2D eigenvalue weighted by Gasteiger charge is 2.66. The molecule has 4 unspecified atom stereocenters. The van der Waals surface area contributed by atoms with Crippen molar-refractivity contribution < 1.29 is 8.42 Å². The van der Waals surface area contributed by atoms with Crippen molar-refractivity contribution in [3.05, 3.63) is 90.4 Å². The molecule has 56 heavy (non-hydrogen) atoms. The molecule has 10 nitrogen and oxygen atoms in total. The second-order valence-electron chi connectivity index (χ2n) is 17.5. The predicted molar refractivity (Wildman–Crippen MR) is 229 cm³/mol. The summed E-state index contributed by atoms with van der Waals surface area (Å²) < 4.78 is 31.4. The van der Waals surface area contributed by atoms with Gasteiger partial charge in [0.2, 0.25) is 0 Å². The monoisotopic (exact) mass is 785 g/mol. The smallest absolute Gasteiger partial charge is 0.280 e. The normalized spacial score (nSPS) is 26.4. The lowest BCUT2D eigenvalue weighted by Crippen LogP contribution is -2.30. The maximum atomic E-state index is 12.6. The van der Waals surface area contributed by atoms with Crippen LogP contribution in [0.15, 0.2) is 78.6 Å². The molecule has 0 spiro atoms. The van der Waals surface area contributed by atoms with Gasteiger partial charge in [-0.05, 0) is 91.9 Å². The van der Waals surface area contributed by atoms with Gasteiger partial charge in [-0.3, -0.25) is 4.72 Å². The summed E-state index contributed by atoms with van der Waals surface area (Å²) in [4.78, 5) is 13.2. The highest BCUT2D eigenvalue weighted by Crippen LogP contribution is 2.64. The van der Waals surface area contributed by atoms with E-state index in [2.05, 4.69) is 76.5 Å². The molecule has 2 aromatic carbocycles. The molecule has 3 N–H and O–H groups in total. The first-order valence-corrected chi connectivity index (χ1v) is 22.6. The predicted octanol–water partition coefficient (Wildman–Crippen LogP) is 8.02. The minimum Gasteiger partial charge on any atom is -0.399 e. The Kier molecular flexibility index (Phi) is 13.4. The minimum absolute atomic E-state index is 0.0404. The average Bonchev–Trinajstić information content (AvgIpc) is 3.65. The number of unbranched alkanes of at least 4 members (excludes halogenated alkanes) is 6. The number of sulfonamides is 1. The van der Waals surface area contributed by atoms with E-state index in [0.29, 0.717) is 22.9 Å². The van der Waals surface area contributed by atoms with Crippen molar-refractivity contribution in [2.45, 2.75) is 102 Å². The molecule has 4 aliphatic rings. The molecule has 8 rings (SSSR count). The maximum Gasteiger partial charge on any atom is 0.280 e. The van der Waals surface area contributed by atoms with E-state index < -0.39 is 10.0 Å². The van der Waals surface area contributed by atoms with Crippen LogP contribution in [-0.2, 0) is 34.9 Å². The summed E-state index contributed by atoms with van der Waals surface area (Å²) in [7, 11) is 0.0477. The lowest BCUT2D eigenvalue weighted by atomic mass is 9.92. The summed E-state index contributed by atoms with van der Waals surface area (Å²) in [6.07, 6.45) is 17.5. The topological polar surface area (TPSA) is 114 Å². The van der Waals surface area contributed by atoms with Gasteiger partial charge in [-0.2, -0.15) is 8.42 Å². The van der Waals surface area contributed by atoms with E-state index in [4.69, 9.17) is 5.73 Å². The number of aryl methyl sites for hydroxylation is 3. The zero-order valence-electron chi connectivity index (χ0n) is 35.1. The second-order valence-corrected chi connectivity index (χ2v) is 19.1. The van der Waals surface area contributed by atoms with Gasteiger partial charge in [-0.25, -0.2) is 9.97 Å². The Bertz CT molecular complexity index is 1950. The fourth-order valence-corrected chi connectivity index (χ4v) is 10.8. The number of anilines is 2. The van der Waals surface area contributed by atoms with Gasteiger partial charge in [0.25, 0.3) is 10.0 Å². The van der Waals surface area contributed by atoms with Gasteiger partial charge in [0.15, 0.2) is 5.03 Å². The maximum absolute atomic E-state index is 12.6. The van der Waals surface area contributed by atoms with Gasteiger partial charge < -0.3 is 24.7 Å². The van der Waals surface area contributed by atoms with Crippen LogP contribution in [0.3, 0.4) is 0 Å². The molecular formula is C45H68N8O2S. The minimum atomic E-state index is -3.67. The van der Waals surface area contributed by atoms with E-state index in [0.717, 1.165) is 36.3 Å². The molecule has 2 aliphatic carbocycles. The number of aromatic nitrogens is 4. The van der Waals surface area contributed by atoms with Crippen LogP contribution >= 0.6 is 0 Å². The SMILES string of the molecule is CCCCCCN1CC2C(C1)C2(C)c1cccc(N)c1.CCCCCCN1CC2C(C1)C2(C)c1cccc(NS(=O)(=O)c2cn(C)cn2)c1.Cc1cn(C)cn1. The first-order valence-electron chi connectivity index (χ1n) is 21.2. The fourth-order valence-electron chi connectivity index (χ4n) is 9.74. The number of likely N-dealkylation sites (tertiary alicyclic amines) is 2. The number of nitrogens with one attached hydrogen (secondary N) is 1. The van der Waals surface area contributed by atoms with E-state index in [1.165, 1.54) is 101 Å². The summed E-state index contributed by atoms with van der Waals surface area (Å²) in [6.45, 7) is 18.7. The third-order valence-electron chi connectivity index (χ3n) is 13.3. The molecule has 2 saturated carbocycles. The molecule has 4 aromatic rings. The van der Waals surface area contributed by atoms with Gasteiger partial charge >= 0.3 is 0 Å². The number of fused-ring (bicyclic) bond motifs is 2. The Morgan fingerprint density at radius 1 is 0.714 bits per heavy atom. The van der Waals surface area contributed by atoms with Crippen molar-refractivity contribution in [2.75, 3.05) is 49.7 Å². The number of nitrogens with zero attached hydrogens (tertiary/aromatic N) is 6. The number of benzene rings is 2. The van der Waals surface area contributed by atoms with Crippen LogP contribution in [0, 0.1) is 30.6 Å². The summed E-state index contributed by atoms with van der Waals surface area (Å²) in [5.74, 6) is 3.07. The molecule has 2 aromatic heterocycles. The van der Waals surface area contributed by atoms with Crippen molar-refractivity contribution in [1.29, 1.82) is 0 Å². The first-order chi connectivity index (χ1) is 26.8. The van der Waals surface area contributed by atoms with Crippen molar-refractivity contribution >= 4 is 21.4 Å².